The summed E-state index contributed by atoms with van der Waals surface area (Å²) in [5.74, 6) is 0. The standard InChI is InChI=1S/C24H20B.C7H7/c1-5-13-21(14-6-1)25(22-15-7-2-8-16-22,23-17-9-3-10-18-23)24-19-11-4-12-20-24;1-2-4-6-7-5-3-1/h1-20H;1-7H/q-1;+1. The highest BCUT2D eigenvalue weighted by molar-refractivity contribution is 7.19. The van der Waals surface area contributed by atoms with Crippen LogP contribution in [-0.2, 0) is 0 Å². The lowest BCUT2D eigenvalue weighted by Gasteiger charge is -2.44. The molecule has 0 saturated heterocycles. The van der Waals surface area contributed by atoms with Gasteiger partial charge in [-0.2, -0.15) is 21.9 Å². The summed E-state index contributed by atoms with van der Waals surface area (Å²) in [6.45, 7) is 0. The van der Waals surface area contributed by atoms with Gasteiger partial charge in [0.15, 0.2) is 0 Å². The van der Waals surface area contributed by atoms with E-state index in [0.29, 0.717) is 0 Å². The van der Waals surface area contributed by atoms with Crippen LogP contribution in [0.4, 0.5) is 0 Å². The van der Waals surface area contributed by atoms with Crippen molar-refractivity contribution in [3.63, 3.8) is 0 Å². The second-order valence-electron chi connectivity index (χ2n) is 7.86. The van der Waals surface area contributed by atoms with E-state index in [1.807, 2.05) is 42.5 Å². The Bertz CT molecular complexity index is 979. The molecule has 0 aromatic heterocycles. The quantitative estimate of drug-likeness (QED) is 0.288. The van der Waals surface area contributed by atoms with Crippen molar-refractivity contribution in [1.82, 2.24) is 0 Å². The summed E-state index contributed by atoms with van der Waals surface area (Å²) in [7, 11) is 0. The van der Waals surface area contributed by atoms with Gasteiger partial charge in [-0.25, -0.2) is 0 Å². The van der Waals surface area contributed by atoms with Crippen molar-refractivity contribution in [1.29, 1.82) is 0 Å². The minimum absolute atomic E-state index is 1.22. The van der Waals surface area contributed by atoms with Gasteiger partial charge in [0.2, 0.25) is 0 Å². The van der Waals surface area contributed by atoms with Gasteiger partial charge in [-0.3, -0.25) is 0 Å². The lowest BCUT2D eigenvalue weighted by atomic mass is 9.13. The average molecular weight is 410 g/mol. The third-order valence-corrected chi connectivity index (χ3v) is 5.98. The van der Waals surface area contributed by atoms with E-state index in [9.17, 15) is 0 Å². The maximum Gasteiger partial charge on any atom is 0.108 e. The van der Waals surface area contributed by atoms with Crippen LogP contribution in [0.15, 0.2) is 164 Å². The van der Waals surface area contributed by atoms with Crippen molar-refractivity contribution in [2.75, 3.05) is 0 Å². The van der Waals surface area contributed by atoms with Crippen LogP contribution in [0, 0.1) is 0 Å². The molecule has 5 rings (SSSR count). The molecule has 5 aromatic carbocycles. The van der Waals surface area contributed by atoms with Gasteiger partial charge < -0.3 is 0 Å². The summed E-state index contributed by atoms with van der Waals surface area (Å²) in [6.07, 6.45) is -1.22. The zero-order valence-corrected chi connectivity index (χ0v) is 18.2. The van der Waals surface area contributed by atoms with Gasteiger partial charge in [-0.15, -0.1) is 0 Å². The van der Waals surface area contributed by atoms with E-state index >= 15 is 0 Å². The van der Waals surface area contributed by atoms with E-state index in [0.717, 1.165) is 0 Å². The number of rotatable bonds is 4. The van der Waals surface area contributed by atoms with Crippen LogP contribution in [0.25, 0.3) is 0 Å². The van der Waals surface area contributed by atoms with Gasteiger partial charge in [-0.05, 0) is 0 Å². The van der Waals surface area contributed by atoms with Crippen molar-refractivity contribution >= 4 is 28.0 Å². The molecule has 32 heavy (non-hydrogen) atoms. The minimum Gasteiger partial charge on any atom is -0.195 e. The van der Waals surface area contributed by atoms with Crippen LogP contribution in [0.5, 0.6) is 0 Å². The van der Waals surface area contributed by atoms with Crippen LogP contribution < -0.4 is 21.9 Å². The molecule has 0 aliphatic carbocycles. The molecule has 0 amide bonds. The van der Waals surface area contributed by atoms with Crippen molar-refractivity contribution < 1.29 is 0 Å². The molecule has 0 bridgehead atoms. The molecule has 0 radical (unpaired) electrons. The topological polar surface area (TPSA) is 0 Å². The highest BCUT2D eigenvalue weighted by Gasteiger charge is 2.30. The highest BCUT2D eigenvalue weighted by Crippen LogP contribution is 2.09. The maximum atomic E-state index is 2.26. The SMILES string of the molecule is c1ccc([B-](c2ccccc2)(c2ccccc2)c2ccccc2)cc1.c1ccc[cH+]cc1. The van der Waals surface area contributed by atoms with Crippen molar-refractivity contribution in [2.24, 2.45) is 0 Å². The Morgan fingerprint density at radius 2 is 0.562 bits per heavy atom. The third kappa shape index (κ3) is 4.68. The first-order valence-corrected chi connectivity index (χ1v) is 11.1. The Kier molecular flexibility index (Phi) is 7.23. The van der Waals surface area contributed by atoms with E-state index in [-0.39, 0.29) is 0 Å². The van der Waals surface area contributed by atoms with Gasteiger partial charge in [0.1, 0.15) is 6.15 Å². The molecule has 0 aliphatic heterocycles. The van der Waals surface area contributed by atoms with E-state index < -0.39 is 6.15 Å². The minimum atomic E-state index is -1.22. The van der Waals surface area contributed by atoms with E-state index in [1.54, 1.807) is 0 Å². The summed E-state index contributed by atoms with van der Waals surface area (Å²) in [6, 6.07) is 57.5. The van der Waals surface area contributed by atoms with Crippen LogP contribution in [0.3, 0.4) is 0 Å². The van der Waals surface area contributed by atoms with Crippen LogP contribution >= 0.6 is 0 Å². The predicted molar refractivity (Wildman–Crippen MR) is 141 cm³/mol. The first-order chi connectivity index (χ1) is 15.9. The second-order valence-corrected chi connectivity index (χ2v) is 7.86. The normalized spacial score (nSPS) is 10.5. The van der Waals surface area contributed by atoms with Gasteiger partial charge in [0.05, 0.1) is 0 Å². The van der Waals surface area contributed by atoms with E-state index in [1.165, 1.54) is 21.9 Å². The van der Waals surface area contributed by atoms with Gasteiger partial charge in [0.25, 0.3) is 0 Å². The molecule has 0 spiro atoms. The Hall–Kier alpha value is -3.97. The highest BCUT2D eigenvalue weighted by atomic mass is 14.1. The lowest BCUT2D eigenvalue weighted by Crippen LogP contribution is -2.74. The summed E-state index contributed by atoms with van der Waals surface area (Å²) in [4.78, 5) is 0. The zero-order chi connectivity index (χ0) is 21.9. The second kappa shape index (κ2) is 10.9. The molecule has 0 aliphatic rings. The molecule has 1 heteroatoms. The monoisotopic (exact) mass is 410 g/mol. The summed E-state index contributed by atoms with van der Waals surface area (Å²) in [5, 5.41) is 0. The first kappa shape index (κ1) is 21.3. The summed E-state index contributed by atoms with van der Waals surface area (Å²) in [5.41, 5.74) is 5.36. The Balaban J connectivity index is 0.000000300. The third-order valence-electron chi connectivity index (χ3n) is 5.98. The maximum absolute atomic E-state index is 2.26. The molecule has 0 atom stereocenters. The Morgan fingerprint density at radius 3 is 0.844 bits per heavy atom. The number of hydrogen-bond acceptors (Lipinski definition) is 0. The number of hydrogen-bond donors (Lipinski definition) is 0. The van der Waals surface area contributed by atoms with Crippen molar-refractivity contribution in [2.45, 2.75) is 0 Å². The first-order valence-electron chi connectivity index (χ1n) is 11.1. The van der Waals surface area contributed by atoms with Crippen LogP contribution in [0.2, 0.25) is 0 Å². The fourth-order valence-electron chi connectivity index (χ4n) is 4.57. The van der Waals surface area contributed by atoms with Gasteiger partial charge >= 0.3 is 0 Å². The van der Waals surface area contributed by atoms with Gasteiger partial charge in [0, 0.05) is 42.5 Å². The van der Waals surface area contributed by atoms with Crippen LogP contribution in [-0.4, -0.2) is 6.15 Å². The summed E-state index contributed by atoms with van der Waals surface area (Å²) < 4.78 is 0. The molecule has 0 heterocycles. The molecule has 0 unspecified atom stereocenters. The smallest absolute Gasteiger partial charge is 0.108 e. The van der Waals surface area contributed by atoms with Gasteiger partial charge in [-0.1, -0.05) is 121 Å². The Labute approximate surface area is 191 Å². The molecule has 0 saturated carbocycles. The molecule has 5 aromatic rings. The van der Waals surface area contributed by atoms with Crippen molar-refractivity contribution in [3.8, 4) is 0 Å². The fourth-order valence-corrected chi connectivity index (χ4v) is 4.57. The average Bonchev–Trinajstić information content (AvgIpc) is 3.21. The molecule has 154 valence electrons. The van der Waals surface area contributed by atoms with E-state index in [4.69, 9.17) is 0 Å². The molecule has 0 nitrogen and oxygen atoms in total. The fraction of sp³-hybridized carbons (Fsp3) is 0. The molecular formula is C31H27B. The number of benzene rings is 4. The van der Waals surface area contributed by atoms with Crippen LogP contribution in [0.1, 0.15) is 0 Å². The molecule has 0 N–H and O–H groups in total. The molecular weight excluding hydrogens is 383 g/mol. The van der Waals surface area contributed by atoms with Crippen molar-refractivity contribution in [3.05, 3.63) is 164 Å². The largest absolute Gasteiger partial charge is 0.195 e. The summed E-state index contributed by atoms with van der Waals surface area (Å²) >= 11 is 0. The lowest BCUT2D eigenvalue weighted by molar-refractivity contribution is 1.66. The molecule has 0 fully saturated rings. The zero-order valence-electron chi connectivity index (χ0n) is 18.2. The predicted octanol–water partition coefficient (Wildman–Crippen LogP) is 5.03. The van der Waals surface area contributed by atoms with E-state index in [2.05, 4.69) is 121 Å². The Morgan fingerprint density at radius 1 is 0.312 bits per heavy atom.